The number of piperazine rings is 1. The van der Waals surface area contributed by atoms with Crippen LogP contribution >= 0.6 is 11.3 Å². The first-order valence-electron chi connectivity index (χ1n) is 17.0. The van der Waals surface area contributed by atoms with E-state index in [9.17, 15) is 9.59 Å². The fraction of sp³-hybridized carbons (Fsp3) is 0.514. The Hall–Kier alpha value is -3.36. The van der Waals surface area contributed by atoms with Gasteiger partial charge in [-0.05, 0) is 66.4 Å². The minimum Gasteiger partial charge on any atom is -0.494 e. The maximum atomic E-state index is 12.8. The second-order valence-electron chi connectivity index (χ2n) is 12.6. The topological polar surface area (TPSA) is 71.6 Å². The molecule has 5 rings (SSSR count). The zero-order chi connectivity index (χ0) is 31.3. The van der Waals surface area contributed by atoms with Crippen molar-refractivity contribution in [2.45, 2.75) is 77.6 Å². The number of hydrogen-bond acceptors (Lipinski definition) is 6. The van der Waals surface area contributed by atoms with Crippen LogP contribution in [0.2, 0.25) is 0 Å². The second-order valence-corrected chi connectivity index (χ2v) is 13.6. The SMILES string of the molecule is CCCCCCCCCCC(=O)OC[N+]1(CCCCOc2ccc3ccc(=O)[nH]c3c2)CCN(c2cccc3sccc23)CC1. The van der Waals surface area contributed by atoms with Crippen molar-refractivity contribution in [2.75, 3.05) is 51.0 Å². The molecule has 7 nitrogen and oxygen atoms in total. The van der Waals surface area contributed by atoms with Gasteiger partial charge in [-0.2, -0.15) is 0 Å². The lowest BCUT2D eigenvalue weighted by atomic mass is 10.1. The standard InChI is InChI=1S/C37H49N3O4S/c1-2-3-4-5-6-7-8-9-15-37(42)44-29-40(24-21-39(22-25-40)34-13-12-14-35-32(34)20-27-45-35)23-10-11-26-43-31-18-16-30-17-19-36(41)38-33(30)28-31/h12-14,16-20,27-28H,2-11,15,21-26,29H2,1H3/p+1. The molecule has 0 bridgehead atoms. The summed E-state index contributed by atoms with van der Waals surface area (Å²) in [6.45, 7) is 8.03. The molecule has 0 amide bonds. The average Bonchev–Trinajstić information content (AvgIpc) is 3.55. The summed E-state index contributed by atoms with van der Waals surface area (Å²) >= 11 is 1.79. The number of aromatic amines is 1. The van der Waals surface area contributed by atoms with Crippen molar-refractivity contribution in [3.05, 3.63) is 70.3 Å². The van der Waals surface area contributed by atoms with Crippen molar-refractivity contribution < 1.29 is 18.8 Å². The molecule has 2 aromatic carbocycles. The zero-order valence-corrected chi connectivity index (χ0v) is 27.8. The smallest absolute Gasteiger partial charge is 0.310 e. The summed E-state index contributed by atoms with van der Waals surface area (Å²) in [5.41, 5.74) is 1.98. The number of rotatable bonds is 18. The maximum absolute atomic E-state index is 12.8. The minimum absolute atomic E-state index is 0.0540. The molecule has 8 heteroatoms. The number of nitrogens with one attached hydrogen (secondary N) is 1. The third-order valence-corrected chi connectivity index (χ3v) is 10.1. The van der Waals surface area contributed by atoms with Crippen molar-refractivity contribution in [3.63, 3.8) is 0 Å². The number of hydrogen-bond donors (Lipinski definition) is 1. The first-order chi connectivity index (χ1) is 22.0. The van der Waals surface area contributed by atoms with Crippen molar-refractivity contribution in [3.8, 4) is 5.75 Å². The number of ether oxygens (including phenoxy) is 2. The molecule has 4 aromatic rings. The Bertz CT molecular complexity index is 1560. The van der Waals surface area contributed by atoms with Crippen LogP contribution in [-0.2, 0) is 9.53 Å². The van der Waals surface area contributed by atoms with Crippen LogP contribution in [0.1, 0.15) is 77.6 Å². The lowest BCUT2D eigenvalue weighted by Gasteiger charge is -2.45. The Kier molecular flexibility index (Phi) is 12.3. The van der Waals surface area contributed by atoms with Crippen LogP contribution in [-0.4, -0.2) is 61.5 Å². The molecule has 2 aromatic heterocycles. The number of benzene rings is 2. The average molecular weight is 633 g/mol. The number of nitrogens with zero attached hydrogens (tertiary/aromatic N) is 2. The highest BCUT2D eigenvalue weighted by Gasteiger charge is 2.34. The quantitative estimate of drug-likeness (QED) is 0.0679. The minimum atomic E-state index is -0.112. The molecule has 3 heterocycles. The van der Waals surface area contributed by atoms with E-state index in [1.807, 2.05) is 24.3 Å². The molecule has 1 N–H and O–H groups in total. The van der Waals surface area contributed by atoms with Crippen LogP contribution in [0.15, 0.2) is 64.8 Å². The van der Waals surface area contributed by atoms with Crippen LogP contribution in [0.5, 0.6) is 5.75 Å². The highest BCUT2D eigenvalue weighted by atomic mass is 32.1. The van der Waals surface area contributed by atoms with Gasteiger partial charge in [0.25, 0.3) is 0 Å². The summed E-state index contributed by atoms with van der Waals surface area (Å²) in [6, 6.07) is 18.0. The molecule has 0 aliphatic carbocycles. The van der Waals surface area contributed by atoms with Gasteiger partial charge in [0.05, 0.1) is 44.8 Å². The highest BCUT2D eigenvalue weighted by molar-refractivity contribution is 7.17. The van der Waals surface area contributed by atoms with Crippen LogP contribution in [0, 0.1) is 0 Å². The van der Waals surface area contributed by atoms with E-state index in [1.165, 1.54) is 60.4 Å². The number of fused-ring (bicyclic) bond motifs is 2. The number of H-pyrrole nitrogens is 1. The number of esters is 1. The first-order valence-corrected chi connectivity index (χ1v) is 17.9. The van der Waals surface area contributed by atoms with Gasteiger partial charge in [-0.15, -0.1) is 11.3 Å². The second kappa shape index (κ2) is 16.8. The van der Waals surface area contributed by atoms with E-state index in [1.54, 1.807) is 11.3 Å². The molecule has 0 radical (unpaired) electrons. The van der Waals surface area contributed by atoms with Gasteiger partial charge in [-0.3, -0.25) is 14.1 Å². The highest BCUT2D eigenvalue weighted by Crippen LogP contribution is 2.32. The van der Waals surface area contributed by atoms with Crippen molar-refractivity contribution in [2.24, 2.45) is 0 Å². The molecule has 242 valence electrons. The number of aromatic nitrogens is 1. The van der Waals surface area contributed by atoms with Crippen molar-refractivity contribution in [1.29, 1.82) is 0 Å². The molecular formula is C37H50N3O4S+. The Labute approximate surface area is 271 Å². The van der Waals surface area contributed by atoms with Crippen molar-refractivity contribution >= 4 is 44.0 Å². The molecule has 0 atom stereocenters. The Morgan fingerprint density at radius 1 is 0.911 bits per heavy atom. The van der Waals surface area contributed by atoms with Gasteiger partial charge in [0.1, 0.15) is 5.75 Å². The molecule has 0 unspecified atom stereocenters. The number of pyridine rings is 1. The molecule has 1 aliphatic rings. The van der Waals surface area contributed by atoms with Crippen LogP contribution in [0.25, 0.3) is 21.0 Å². The Morgan fingerprint density at radius 2 is 1.69 bits per heavy atom. The maximum Gasteiger partial charge on any atom is 0.310 e. The van der Waals surface area contributed by atoms with Crippen LogP contribution in [0.3, 0.4) is 0 Å². The molecule has 0 spiro atoms. The van der Waals surface area contributed by atoms with E-state index < -0.39 is 0 Å². The molecule has 1 aliphatic heterocycles. The van der Waals surface area contributed by atoms with E-state index in [-0.39, 0.29) is 11.5 Å². The molecule has 1 saturated heterocycles. The number of quaternary nitrogens is 1. The van der Waals surface area contributed by atoms with Gasteiger partial charge in [-0.25, -0.2) is 0 Å². The Morgan fingerprint density at radius 3 is 2.51 bits per heavy atom. The number of carbonyl (C=O) groups is 1. The largest absolute Gasteiger partial charge is 0.494 e. The van der Waals surface area contributed by atoms with Gasteiger partial charge in [0.2, 0.25) is 12.3 Å². The first kappa shape index (κ1) is 33.0. The fourth-order valence-electron chi connectivity index (χ4n) is 6.44. The number of thiophene rings is 1. The van der Waals surface area contributed by atoms with Crippen LogP contribution in [0.4, 0.5) is 5.69 Å². The van der Waals surface area contributed by atoms with Gasteiger partial charge >= 0.3 is 5.97 Å². The van der Waals surface area contributed by atoms with E-state index in [0.717, 1.165) is 79.5 Å². The number of unbranched alkanes of at least 4 members (excludes halogenated alkanes) is 8. The van der Waals surface area contributed by atoms with E-state index in [4.69, 9.17) is 9.47 Å². The summed E-state index contributed by atoms with van der Waals surface area (Å²) in [7, 11) is 0. The van der Waals surface area contributed by atoms with Gasteiger partial charge in [0.15, 0.2) is 0 Å². The molecular weight excluding hydrogens is 582 g/mol. The summed E-state index contributed by atoms with van der Waals surface area (Å²) in [5, 5.41) is 4.48. The van der Waals surface area contributed by atoms with E-state index in [0.29, 0.717) is 19.8 Å². The lowest BCUT2D eigenvalue weighted by Crippen LogP contribution is -2.61. The predicted molar refractivity (Wildman–Crippen MR) is 186 cm³/mol. The molecule has 45 heavy (non-hydrogen) atoms. The van der Waals surface area contributed by atoms with Crippen LogP contribution < -0.4 is 15.2 Å². The summed E-state index contributed by atoms with van der Waals surface area (Å²) in [5.74, 6) is 0.709. The summed E-state index contributed by atoms with van der Waals surface area (Å²) in [6.07, 6.45) is 12.2. The lowest BCUT2D eigenvalue weighted by molar-refractivity contribution is -0.944. The Balaban J connectivity index is 1.11. The third-order valence-electron chi connectivity index (χ3n) is 9.23. The van der Waals surface area contributed by atoms with Gasteiger partial charge in [-0.1, -0.05) is 57.9 Å². The third kappa shape index (κ3) is 9.57. The number of anilines is 1. The summed E-state index contributed by atoms with van der Waals surface area (Å²) < 4.78 is 14.2. The monoisotopic (exact) mass is 632 g/mol. The molecule has 0 saturated carbocycles. The van der Waals surface area contributed by atoms with E-state index >= 15 is 0 Å². The fourth-order valence-corrected chi connectivity index (χ4v) is 7.25. The van der Waals surface area contributed by atoms with Gasteiger partial charge < -0.3 is 19.4 Å². The molecule has 1 fully saturated rings. The normalized spacial score (nSPS) is 14.6. The zero-order valence-electron chi connectivity index (χ0n) is 26.9. The van der Waals surface area contributed by atoms with Crippen molar-refractivity contribution in [1.82, 2.24) is 4.98 Å². The summed E-state index contributed by atoms with van der Waals surface area (Å²) in [4.78, 5) is 29.8. The van der Waals surface area contributed by atoms with Gasteiger partial charge in [0, 0.05) is 34.3 Å². The number of carbonyl (C=O) groups excluding carboxylic acids is 1. The predicted octanol–water partition coefficient (Wildman–Crippen LogP) is 8.27. The van der Waals surface area contributed by atoms with E-state index in [2.05, 4.69) is 46.5 Å².